The Labute approximate surface area is 162 Å². The molecule has 0 bridgehead atoms. The van der Waals surface area contributed by atoms with Gasteiger partial charge in [-0.1, -0.05) is 0 Å². The van der Waals surface area contributed by atoms with Crippen molar-refractivity contribution >= 4 is 82.4 Å². The molecule has 21 heavy (non-hydrogen) atoms. The van der Waals surface area contributed by atoms with Crippen LogP contribution in [0.5, 0.6) is 11.5 Å². The Morgan fingerprint density at radius 2 is 0.952 bits per heavy atom. The maximum absolute atomic E-state index is 11.2. The van der Waals surface area contributed by atoms with E-state index in [0.29, 0.717) is 0 Å². The zero-order chi connectivity index (χ0) is 15.3. The van der Waals surface area contributed by atoms with Crippen molar-refractivity contribution in [1.82, 2.24) is 0 Å². The molecule has 2 rings (SSSR count). The van der Waals surface area contributed by atoms with E-state index in [2.05, 4.69) is 0 Å². The maximum atomic E-state index is 11.2. The van der Waals surface area contributed by atoms with Gasteiger partial charge in [0.2, 0.25) is 0 Å². The first kappa shape index (κ1) is 18.8. The van der Waals surface area contributed by atoms with Gasteiger partial charge in [0.15, 0.2) is 11.5 Å². The van der Waals surface area contributed by atoms with Crippen LogP contribution in [-0.4, -0.2) is 87.5 Å². The van der Waals surface area contributed by atoms with Gasteiger partial charge in [-0.05, 0) is 35.0 Å². The summed E-state index contributed by atoms with van der Waals surface area (Å²) in [5.41, 5.74) is 0. The third-order valence-corrected chi connectivity index (χ3v) is 4.47. The molecule has 0 amide bonds. The summed E-state index contributed by atoms with van der Waals surface area (Å²) in [6.45, 7) is 0. The summed E-state index contributed by atoms with van der Waals surface area (Å²) in [7, 11) is -9.83. The Bertz CT molecular complexity index is 841. The van der Waals surface area contributed by atoms with Gasteiger partial charge >= 0.3 is 51.4 Å². The number of aromatic hydroxyl groups is 2. The van der Waals surface area contributed by atoms with E-state index in [1.807, 2.05) is 0 Å². The fourth-order valence-corrected chi connectivity index (χ4v) is 3.50. The van der Waals surface area contributed by atoms with E-state index in [-0.39, 0.29) is 62.2 Å². The van der Waals surface area contributed by atoms with Crippen molar-refractivity contribution in [2.75, 3.05) is 0 Å². The van der Waals surface area contributed by atoms with Gasteiger partial charge < -0.3 is 10.2 Å². The molecule has 11 heteroatoms. The average Bonchev–Trinajstić information content (AvgIpc) is 2.26. The zero-order valence-corrected chi connectivity index (χ0v) is 11.2. The third-order valence-electron chi connectivity index (χ3n) is 2.55. The van der Waals surface area contributed by atoms with Crippen molar-refractivity contribution in [1.29, 1.82) is 0 Å². The van der Waals surface area contributed by atoms with Crippen molar-refractivity contribution in [3.63, 3.8) is 0 Å². The van der Waals surface area contributed by atoms with Crippen LogP contribution in [0.3, 0.4) is 0 Å². The molecule has 0 saturated heterocycles. The van der Waals surface area contributed by atoms with E-state index in [9.17, 15) is 27.0 Å². The first-order valence-electron chi connectivity index (χ1n) is 4.95. The molecule has 4 N–H and O–H groups in total. The van der Waals surface area contributed by atoms with E-state index < -0.39 is 41.5 Å². The number of rotatable bonds is 2. The minimum absolute atomic E-state index is 0. The van der Waals surface area contributed by atoms with Crippen LogP contribution in [0.15, 0.2) is 34.1 Å². The summed E-state index contributed by atoms with van der Waals surface area (Å²) in [4.78, 5) is -2.06. The van der Waals surface area contributed by atoms with Gasteiger partial charge in [-0.2, -0.15) is 16.8 Å². The predicted molar refractivity (Wildman–Crippen MR) is 74.1 cm³/mol. The van der Waals surface area contributed by atoms with Gasteiger partial charge in [0.25, 0.3) is 20.2 Å². The molecule has 0 unspecified atom stereocenters. The molecule has 0 aromatic heterocycles. The molecule has 0 fully saturated rings. The van der Waals surface area contributed by atoms with Gasteiger partial charge in [-0.25, -0.2) is 0 Å². The van der Waals surface area contributed by atoms with Crippen LogP contribution in [-0.2, 0) is 20.2 Å². The molecule has 0 saturated carbocycles. The second-order valence-corrected chi connectivity index (χ2v) is 6.72. The van der Waals surface area contributed by atoms with Crippen LogP contribution in [0.4, 0.5) is 0 Å². The molecule has 0 aliphatic heterocycles. The standard InChI is InChI=1S/C10H8O8S2.K.H/c11-7-1-5-3-9(19(13,14)15)10(20(16,17)18)4-6(5)2-8(7)12;;/h1-4,11-12H,(H,13,14,15)(H,16,17,18);;. The summed E-state index contributed by atoms with van der Waals surface area (Å²) < 4.78 is 62.7. The van der Waals surface area contributed by atoms with Crippen LogP contribution in [0.25, 0.3) is 10.8 Å². The Morgan fingerprint density at radius 3 is 1.19 bits per heavy atom. The molecule has 8 nitrogen and oxygen atoms in total. The zero-order valence-electron chi connectivity index (χ0n) is 9.55. The molecular formula is C10H9KO8S2. The first-order chi connectivity index (χ1) is 9.00. The van der Waals surface area contributed by atoms with Crippen molar-refractivity contribution in [2.24, 2.45) is 0 Å². The number of benzene rings is 2. The molecule has 0 aliphatic carbocycles. The van der Waals surface area contributed by atoms with Crippen molar-refractivity contribution in [3.8, 4) is 11.5 Å². The van der Waals surface area contributed by atoms with Crippen LogP contribution in [0.2, 0.25) is 0 Å². The molecular weight excluding hydrogens is 351 g/mol. The second kappa shape index (κ2) is 6.10. The third kappa shape index (κ3) is 3.94. The first-order valence-corrected chi connectivity index (χ1v) is 7.83. The van der Waals surface area contributed by atoms with E-state index in [4.69, 9.17) is 9.11 Å². The summed E-state index contributed by atoms with van der Waals surface area (Å²) in [6, 6.07) is 3.47. The minimum atomic E-state index is -4.91. The van der Waals surface area contributed by atoms with Crippen LogP contribution in [0.1, 0.15) is 0 Å². The Kier molecular flexibility index (Phi) is 5.46. The molecule has 0 heterocycles. The van der Waals surface area contributed by atoms with Crippen LogP contribution >= 0.6 is 0 Å². The van der Waals surface area contributed by atoms with Crippen LogP contribution < -0.4 is 0 Å². The van der Waals surface area contributed by atoms with Crippen molar-refractivity contribution in [2.45, 2.75) is 9.79 Å². The molecule has 2 aromatic carbocycles. The fraction of sp³-hybridized carbons (Fsp3) is 0. The fourth-order valence-electron chi connectivity index (χ4n) is 1.69. The monoisotopic (exact) mass is 360 g/mol. The van der Waals surface area contributed by atoms with Gasteiger partial charge in [-0.15, -0.1) is 0 Å². The van der Waals surface area contributed by atoms with Gasteiger partial charge in [0.05, 0.1) is 0 Å². The summed E-state index contributed by atoms with van der Waals surface area (Å²) in [5.74, 6) is -1.11. The van der Waals surface area contributed by atoms with Gasteiger partial charge in [0.1, 0.15) is 9.79 Å². The van der Waals surface area contributed by atoms with E-state index in [1.54, 1.807) is 0 Å². The van der Waals surface area contributed by atoms with Gasteiger partial charge in [0, 0.05) is 0 Å². The topological polar surface area (TPSA) is 149 Å². The molecule has 0 atom stereocenters. The summed E-state index contributed by atoms with van der Waals surface area (Å²) in [6.07, 6.45) is 0. The Balaban J connectivity index is 0.00000220. The normalized spacial score (nSPS) is 12.1. The van der Waals surface area contributed by atoms with Crippen LogP contribution in [0, 0.1) is 0 Å². The van der Waals surface area contributed by atoms with E-state index in [1.165, 1.54) is 0 Å². The molecule has 2 aromatic rings. The number of hydrogen-bond donors (Lipinski definition) is 4. The van der Waals surface area contributed by atoms with Gasteiger partial charge in [-0.3, -0.25) is 9.11 Å². The van der Waals surface area contributed by atoms with E-state index >= 15 is 0 Å². The summed E-state index contributed by atoms with van der Waals surface area (Å²) in [5, 5.41) is 18.7. The molecule has 0 spiro atoms. The Morgan fingerprint density at radius 1 is 0.667 bits per heavy atom. The predicted octanol–water partition coefficient (Wildman–Crippen LogP) is 0.0959. The second-order valence-electron chi connectivity index (χ2n) is 3.94. The number of phenols is 2. The molecule has 110 valence electrons. The van der Waals surface area contributed by atoms with Crippen molar-refractivity contribution in [3.05, 3.63) is 24.3 Å². The van der Waals surface area contributed by atoms with Crippen molar-refractivity contribution < 1.29 is 36.2 Å². The molecule has 0 radical (unpaired) electrons. The van der Waals surface area contributed by atoms with E-state index in [0.717, 1.165) is 24.3 Å². The molecule has 0 aliphatic rings. The number of phenolic OH excluding ortho intramolecular Hbond substituents is 2. The quantitative estimate of drug-likeness (QED) is 0.334. The number of hydrogen-bond acceptors (Lipinski definition) is 6. The average molecular weight is 360 g/mol. The summed E-state index contributed by atoms with van der Waals surface area (Å²) >= 11 is 0. The SMILES string of the molecule is O=S(=O)(O)c1cc2cc(O)c(O)cc2cc1S(=O)(=O)O.[KH]. The Hall–Kier alpha value is -0.244. The number of fused-ring (bicyclic) bond motifs is 1.